The number of hydrogen-bond acceptors (Lipinski definition) is 8. The highest BCUT2D eigenvalue weighted by Gasteiger charge is 2.41. The Balaban J connectivity index is 1.50. The Morgan fingerprint density at radius 2 is 1.83 bits per heavy atom. The molecule has 1 aliphatic carbocycles. The van der Waals surface area contributed by atoms with Gasteiger partial charge in [-0.25, -0.2) is 0 Å². The van der Waals surface area contributed by atoms with Crippen molar-refractivity contribution >= 4 is 34.3 Å². The van der Waals surface area contributed by atoms with Crippen LogP contribution in [-0.2, 0) is 14.4 Å². The third kappa shape index (κ3) is 5.91. The van der Waals surface area contributed by atoms with E-state index >= 15 is 0 Å². The summed E-state index contributed by atoms with van der Waals surface area (Å²) >= 11 is 1.10. The van der Waals surface area contributed by atoms with Crippen LogP contribution in [0.15, 0.2) is 30.3 Å². The maximum absolute atomic E-state index is 13.8. The van der Waals surface area contributed by atoms with Gasteiger partial charge < -0.3 is 26.0 Å². The summed E-state index contributed by atoms with van der Waals surface area (Å²) in [7, 11) is 1.69. The number of aliphatic hydroxyl groups excluding tert-OH is 1. The second kappa shape index (κ2) is 11.9. The summed E-state index contributed by atoms with van der Waals surface area (Å²) in [4.78, 5) is 41.5. The fourth-order valence-electron chi connectivity index (χ4n) is 4.96. The van der Waals surface area contributed by atoms with Crippen molar-refractivity contribution in [3.05, 3.63) is 30.3 Å². The fourth-order valence-corrected chi connectivity index (χ4v) is 5.56. The maximum atomic E-state index is 13.8. The minimum absolute atomic E-state index is 0.0893. The van der Waals surface area contributed by atoms with E-state index in [1.165, 1.54) is 0 Å². The van der Waals surface area contributed by atoms with Crippen LogP contribution in [0.25, 0.3) is 11.3 Å². The van der Waals surface area contributed by atoms with Crippen LogP contribution < -0.4 is 16.0 Å². The molecule has 2 fully saturated rings. The first kappa shape index (κ1) is 26.2. The molecule has 3 atom stereocenters. The van der Waals surface area contributed by atoms with Gasteiger partial charge in [0.15, 0.2) is 0 Å². The lowest BCUT2D eigenvalue weighted by Gasteiger charge is -2.36. The highest BCUT2D eigenvalue weighted by molar-refractivity contribution is 7.10. The van der Waals surface area contributed by atoms with Crippen molar-refractivity contribution in [2.24, 2.45) is 5.92 Å². The highest BCUT2D eigenvalue weighted by Crippen LogP contribution is 2.32. The summed E-state index contributed by atoms with van der Waals surface area (Å²) < 4.78 is 4.01. The standard InChI is InChI=1S/C25H34N6O4S/c1-15(26-2)22(33)27-21(17-10-12-18(32)13-11-17)25(35)31-14-6-9-19(31)23(34)28-24-20(29-30-36-24)16-7-4-3-5-8-16/h3-5,7-8,15,17-19,21,26,32H,6,9-14H2,1-2H3,(H,27,33)(H,28,34)/t15-,17-,18-,19-,21-/m0/s1. The fraction of sp³-hybridized carbons (Fsp3) is 0.560. The van der Waals surface area contributed by atoms with Gasteiger partial charge in [-0.15, -0.1) is 5.10 Å². The van der Waals surface area contributed by atoms with Crippen molar-refractivity contribution in [2.45, 2.75) is 69.7 Å². The van der Waals surface area contributed by atoms with E-state index < -0.39 is 18.1 Å². The zero-order chi connectivity index (χ0) is 25.7. The van der Waals surface area contributed by atoms with Gasteiger partial charge in [0.1, 0.15) is 22.8 Å². The summed E-state index contributed by atoms with van der Waals surface area (Å²) in [5.41, 5.74) is 1.44. The minimum Gasteiger partial charge on any atom is -0.393 e. The molecule has 1 saturated heterocycles. The molecule has 0 bridgehead atoms. The lowest BCUT2D eigenvalue weighted by atomic mass is 9.81. The van der Waals surface area contributed by atoms with Crippen molar-refractivity contribution in [1.82, 2.24) is 25.1 Å². The molecular weight excluding hydrogens is 480 g/mol. The molecule has 2 aromatic rings. The third-order valence-electron chi connectivity index (χ3n) is 7.21. The van der Waals surface area contributed by atoms with Crippen molar-refractivity contribution in [3.8, 4) is 11.3 Å². The van der Waals surface area contributed by atoms with Gasteiger partial charge in [0.05, 0.1) is 12.1 Å². The normalized spacial score (nSPS) is 23.6. The van der Waals surface area contributed by atoms with Crippen LogP contribution in [0.1, 0.15) is 45.4 Å². The minimum atomic E-state index is -0.737. The van der Waals surface area contributed by atoms with E-state index in [1.54, 1.807) is 18.9 Å². The van der Waals surface area contributed by atoms with Crippen LogP contribution in [0.4, 0.5) is 5.00 Å². The number of hydrogen-bond donors (Lipinski definition) is 4. The molecule has 0 radical (unpaired) electrons. The van der Waals surface area contributed by atoms with Crippen LogP contribution in [0, 0.1) is 5.92 Å². The number of anilines is 1. The van der Waals surface area contributed by atoms with Gasteiger partial charge in [0.25, 0.3) is 0 Å². The molecule has 2 heterocycles. The van der Waals surface area contributed by atoms with E-state index in [1.807, 2.05) is 30.3 Å². The average molecular weight is 515 g/mol. The lowest BCUT2D eigenvalue weighted by Crippen LogP contribution is -2.57. The van der Waals surface area contributed by atoms with Crippen LogP contribution in [0.3, 0.4) is 0 Å². The summed E-state index contributed by atoms with van der Waals surface area (Å²) in [6.07, 6.45) is 3.34. The number of likely N-dealkylation sites (N-methyl/N-ethyl adjacent to an activating group) is 1. The second-order valence-corrected chi connectivity index (χ2v) is 10.3. The molecule has 4 rings (SSSR count). The van der Waals surface area contributed by atoms with Crippen LogP contribution >= 0.6 is 11.5 Å². The Labute approximate surface area is 215 Å². The summed E-state index contributed by atoms with van der Waals surface area (Å²) in [5.74, 6) is -0.868. The van der Waals surface area contributed by atoms with Gasteiger partial charge in [-0.05, 0) is 58.4 Å². The number of aromatic nitrogens is 2. The summed E-state index contributed by atoms with van der Waals surface area (Å²) in [6.45, 7) is 2.19. The van der Waals surface area contributed by atoms with Crippen molar-refractivity contribution in [2.75, 3.05) is 18.9 Å². The quantitative estimate of drug-likeness (QED) is 0.421. The lowest BCUT2D eigenvalue weighted by molar-refractivity contribution is -0.142. The molecule has 1 aromatic heterocycles. The van der Waals surface area contributed by atoms with E-state index in [4.69, 9.17) is 0 Å². The van der Waals surface area contributed by atoms with Gasteiger partial charge in [0, 0.05) is 23.6 Å². The largest absolute Gasteiger partial charge is 0.393 e. The first-order valence-electron chi connectivity index (χ1n) is 12.5. The molecule has 10 nitrogen and oxygen atoms in total. The Morgan fingerprint density at radius 3 is 2.53 bits per heavy atom. The first-order valence-corrected chi connectivity index (χ1v) is 13.3. The van der Waals surface area contributed by atoms with Crippen LogP contribution in [-0.4, -0.2) is 75.1 Å². The Morgan fingerprint density at radius 1 is 1.11 bits per heavy atom. The average Bonchev–Trinajstić information content (AvgIpc) is 3.57. The Kier molecular flexibility index (Phi) is 8.65. The van der Waals surface area contributed by atoms with E-state index in [2.05, 4.69) is 25.5 Å². The molecule has 11 heteroatoms. The van der Waals surface area contributed by atoms with Crippen LogP contribution in [0.5, 0.6) is 0 Å². The first-order chi connectivity index (χ1) is 17.4. The predicted molar refractivity (Wildman–Crippen MR) is 137 cm³/mol. The summed E-state index contributed by atoms with van der Waals surface area (Å²) in [6, 6.07) is 7.66. The predicted octanol–water partition coefficient (Wildman–Crippen LogP) is 1.78. The van der Waals surface area contributed by atoms with E-state index in [0.717, 1.165) is 17.1 Å². The van der Waals surface area contributed by atoms with Crippen molar-refractivity contribution < 1.29 is 19.5 Å². The van der Waals surface area contributed by atoms with Gasteiger partial charge in [-0.3, -0.25) is 14.4 Å². The number of benzene rings is 1. The molecule has 1 aromatic carbocycles. The Hall–Kier alpha value is -2.89. The highest BCUT2D eigenvalue weighted by atomic mass is 32.1. The number of rotatable bonds is 8. The SMILES string of the molecule is CN[C@@H](C)C(=O)N[C@H](C(=O)N1CCC[C@H]1C(=O)Nc1snnc1-c1ccccc1)[C@H]1CC[C@H](O)CC1. The van der Waals surface area contributed by atoms with Gasteiger partial charge >= 0.3 is 0 Å². The Bertz CT molecular complexity index is 1060. The number of amides is 3. The molecule has 3 amide bonds. The van der Waals surface area contributed by atoms with E-state index in [9.17, 15) is 19.5 Å². The molecule has 1 saturated carbocycles. The smallest absolute Gasteiger partial charge is 0.247 e. The zero-order valence-electron chi connectivity index (χ0n) is 20.6. The molecule has 0 spiro atoms. The number of nitrogens with zero attached hydrogens (tertiary/aromatic N) is 3. The molecule has 36 heavy (non-hydrogen) atoms. The second-order valence-electron chi connectivity index (χ2n) is 9.56. The molecule has 0 unspecified atom stereocenters. The number of aliphatic hydroxyl groups is 1. The zero-order valence-corrected chi connectivity index (χ0v) is 21.5. The van der Waals surface area contributed by atoms with Crippen molar-refractivity contribution in [3.63, 3.8) is 0 Å². The van der Waals surface area contributed by atoms with Crippen LogP contribution in [0.2, 0.25) is 0 Å². The molecule has 194 valence electrons. The topological polar surface area (TPSA) is 137 Å². The molecule has 4 N–H and O–H groups in total. The molecular formula is C25H34N6O4S. The van der Waals surface area contributed by atoms with Crippen molar-refractivity contribution in [1.29, 1.82) is 0 Å². The van der Waals surface area contributed by atoms with Gasteiger partial charge in [-0.1, -0.05) is 34.8 Å². The number of likely N-dealkylation sites (tertiary alicyclic amines) is 1. The number of carbonyl (C=O) groups excluding carboxylic acids is 3. The molecule has 2 aliphatic rings. The van der Waals surface area contributed by atoms with Gasteiger partial charge in [-0.2, -0.15) is 0 Å². The number of carbonyl (C=O) groups is 3. The van der Waals surface area contributed by atoms with E-state index in [-0.39, 0.29) is 29.7 Å². The third-order valence-corrected chi connectivity index (χ3v) is 7.85. The number of nitrogens with one attached hydrogen (secondary N) is 3. The van der Waals surface area contributed by atoms with Gasteiger partial charge in [0.2, 0.25) is 17.7 Å². The molecule has 1 aliphatic heterocycles. The van der Waals surface area contributed by atoms with E-state index in [0.29, 0.717) is 55.8 Å². The monoisotopic (exact) mass is 514 g/mol. The summed E-state index contributed by atoms with van der Waals surface area (Å²) in [5, 5.41) is 23.5. The maximum Gasteiger partial charge on any atom is 0.247 e.